The van der Waals surface area contributed by atoms with Crippen LogP contribution in [0, 0.1) is 5.92 Å². The molecule has 2 N–H and O–H groups in total. The summed E-state index contributed by atoms with van der Waals surface area (Å²) in [6.45, 7) is 0.432. The quantitative estimate of drug-likeness (QED) is 0.462. The van der Waals surface area contributed by atoms with Crippen molar-refractivity contribution in [1.29, 1.82) is 0 Å². The van der Waals surface area contributed by atoms with Gasteiger partial charge in [-0.15, -0.1) is 0 Å². The fraction of sp³-hybridized carbons (Fsp3) is 0.286. The number of benzene rings is 2. The second-order valence-electron chi connectivity index (χ2n) is 7.55. The molecule has 0 aliphatic carbocycles. The molecule has 170 valence electrons. The number of Topliss-reactive ketones (excluding diaryl/α,β-unsaturated/α-hetero) is 1. The Hall–Kier alpha value is -2.46. The molecule has 8 nitrogen and oxygen atoms in total. The van der Waals surface area contributed by atoms with Crippen LogP contribution in [-0.4, -0.2) is 56.0 Å². The van der Waals surface area contributed by atoms with Crippen LogP contribution in [0.2, 0.25) is 10.0 Å². The zero-order valence-corrected chi connectivity index (χ0v) is 19.5. The number of ketones is 1. The summed E-state index contributed by atoms with van der Waals surface area (Å²) in [5.41, 5.74) is 1.51. The van der Waals surface area contributed by atoms with Gasteiger partial charge in [-0.05, 0) is 41.8 Å². The van der Waals surface area contributed by atoms with Crippen molar-refractivity contribution in [2.45, 2.75) is 17.9 Å². The number of nitrogens with zero attached hydrogens (tertiary/aromatic N) is 2. The third kappa shape index (κ3) is 5.47. The van der Waals surface area contributed by atoms with Crippen molar-refractivity contribution in [2.75, 3.05) is 20.1 Å². The van der Waals surface area contributed by atoms with E-state index in [4.69, 9.17) is 28.3 Å². The lowest BCUT2D eigenvalue weighted by Gasteiger charge is -2.21. The van der Waals surface area contributed by atoms with Gasteiger partial charge >= 0.3 is 0 Å². The van der Waals surface area contributed by atoms with Gasteiger partial charge in [0, 0.05) is 26.7 Å². The highest BCUT2D eigenvalue weighted by Crippen LogP contribution is 2.24. The molecule has 3 rings (SSSR count). The monoisotopic (exact) mass is 497 g/mol. The van der Waals surface area contributed by atoms with E-state index in [0.717, 1.165) is 11.1 Å². The second-order valence-corrected chi connectivity index (χ2v) is 9.93. The Morgan fingerprint density at radius 2 is 1.72 bits per heavy atom. The van der Waals surface area contributed by atoms with Crippen molar-refractivity contribution < 1.29 is 22.8 Å². The molecule has 0 saturated carbocycles. The average Bonchev–Trinajstić information content (AvgIpc) is 3.02. The summed E-state index contributed by atoms with van der Waals surface area (Å²) >= 11 is 11.9. The first kappa shape index (κ1) is 24.2. The molecule has 32 heavy (non-hydrogen) atoms. The maximum Gasteiger partial charge on any atom is 0.290 e. The van der Waals surface area contributed by atoms with Crippen LogP contribution in [0.15, 0.2) is 47.4 Å². The minimum absolute atomic E-state index is 0.00250. The third-order valence-electron chi connectivity index (χ3n) is 5.22. The van der Waals surface area contributed by atoms with Crippen LogP contribution in [0.3, 0.4) is 0 Å². The first-order chi connectivity index (χ1) is 15.0. The molecule has 0 aromatic heterocycles. The Bertz CT molecular complexity index is 1170. The number of halogens is 2. The molecule has 2 aromatic carbocycles. The lowest BCUT2D eigenvalue weighted by atomic mass is 10.1. The Labute approximate surface area is 195 Å². The Kier molecular flexibility index (Phi) is 7.24. The van der Waals surface area contributed by atoms with Crippen molar-refractivity contribution in [3.63, 3.8) is 0 Å². The summed E-state index contributed by atoms with van der Waals surface area (Å²) in [6, 6.07) is 10.9. The maximum absolute atomic E-state index is 12.8. The van der Waals surface area contributed by atoms with Crippen LogP contribution in [-0.2, 0) is 37.4 Å². The van der Waals surface area contributed by atoms with E-state index in [2.05, 4.69) is 0 Å². The number of primary sulfonamides is 1. The molecule has 1 aliphatic rings. The second kappa shape index (κ2) is 9.58. The fourth-order valence-corrected chi connectivity index (χ4v) is 4.28. The smallest absolute Gasteiger partial charge is 0.290 e. The number of amides is 2. The van der Waals surface area contributed by atoms with Gasteiger partial charge in [0.1, 0.15) is 5.92 Å². The van der Waals surface area contributed by atoms with E-state index < -0.39 is 33.5 Å². The maximum atomic E-state index is 12.8. The van der Waals surface area contributed by atoms with E-state index in [-0.39, 0.29) is 24.5 Å². The number of rotatable bonds is 7. The van der Waals surface area contributed by atoms with Gasteiger partial charge in [-0.2, -0.15) is 0 Å². The molecule has 1 atom stereocenters. The van der Waals surface area contributed by atoms with E-state index in [1.807, 2.05) is 0 Å². The zero-order chi connectivity index (χ0) is 23.6. The molecular formula is C21H21Cl2N3O5S. The number of nitrogens with two attached hydrogens (primary N) is 1. The number of carbonyl (C=O) groups excluding carboxylic acids is 3. The SMILES string of the molecule is CN(Cc1ccc(Cl)c(Cl)c1)C(=O)C1CN(CCc2ccc(S(N)(=O)=O)cc2)C(=O)C1=O. The predicted molar refractivity (Wildman–Crippen MR) is 120 cm³/mol. The highest BCUT2D eigenvalue weighted by atomic mass is 35.5. The summed E-state index contributed by atoms with van der Waals surface area (Å²) in [7, 11) is -2.23. The normalized spacial score (nSPS) is 16.5. The molecule has 0 bridgehead atoms. The van der Waals surface area contributed by atoms with E-state index in [1.54, 1.807) is 37.4 Å². The van der Waals surface area contributed by atoms with Crippen LogP contribution in [0.4, 0.5) is 0 Å². The minimum atomic E-state index is -3.78. The molecule has 0 radical (unpaired) electrons. The lowest BCUT2D eigenvalue weighted by Crippen LogP contribution is -2.36. The lowest BCUT2D eigenvalue weighted by molar-refractivity contribution is -0.144. The van der Waals surface area contributed by atoms with Crippen molar-refractivity contribution in [3.05, 3.63) is 63.6 Å². The summed E-state index contributed by atoms with van der Waals surface area (Å²) in [5, 5.41) is 5.84. The van der Waals surface area contributed by atoms with Crippen LogP contribution >= 0.6 is 23.2 Å². The molecular weight excluding hydrogens is 477 g/mol. The third-order valence-corrected chi connectivity index (χ3v) is 6.89. The van der Waals surface area contributed by atoms with Gasteiger partial charge in [-0.25, -0.2) is 13.6 Å². The van der Waals surface area contributed by atoms with Gasteiger partial charge in [-0.3, -0.25) is 14.4 Å². The van der Waals surface area contributed by atoms with Gasteiger partial charge in [0.05, 0.1) is 14.9 Å². The van der Waals surface area contributed by atoms with Crippen molar-refractivity contribution >= 4 is 50.8 Å². The van der Waals surface area contributed by atoms with E-state index in [9.17, 15) is 22.8 Å². The largest absolute Gasteiger partial charge is 0.341 e. The van der Waals surface area contributed by atoms with Gasteiger partial charge in [0.25, 0.3) is 5.91 Å². The number of likely N-dealkylation sites (tertiary alicyclic amines) is 1. The van der Waals surface area contributed by atoms with E-state index in [0.29, 0.717) is 16.5 Å². The Balaban J connectivity index is 1.61. The van der Waals surface area contributed by atoms with Crippen LogP contribution in [0.25, 0.3) is 0 Å². The van der Waals surface area contributed by atoms with Crippen LogP contribution < -0.4 is 5.14 Å². The molecule has 1 aliphatic heterocycles. The predicted octanol–water partition coefficient (Wildman–Crippen LogP) is 1.87. The molecule has 1 saturated heterocycles. The summed E-state index contributed by atoms with van der Waals surface area (Å²) in [6.07, 6.45) is 0.393. The van der Waals surface area contributed by atoms with E-state index >= 15 is 0 Å². The zero-order valence-electron chi connectivity index (χ0n) is 17.1. The summed E-state index contributed by atoms with van der Waals surface area (Å²) < 4.78 is 22.7. The highest BCUT2D eigenvalue weighted by Gasteiger charge is 2.43. The fourth-order valence-electron chi connectivity index (χ4n) is 3.44. The van der Waals surface area contributed by atoms with Crippen molar-refractivity contribution in [2.24, 2.45) is 11.1 Å². The molecule has 0 spiro atoms. The molecule has 1 fully saturated rings. The van der Waals surface area contributed by atoms with Crippen molar-refractivity contribution in [3.8, 4) is 0 Å². The molecule has 2 amide bonds. The topological polar surface area (TPSA) is 118 Å². The van der Waals surface area contributed by atoms with Gasteiger partial charge < -0.3 is 9.80 Å². The van der Waals surface area contributed by atoms with Gasteiger partial charge in [0.15, 0.2) is 0 Å². The van der Waals surface area contributed by atoms with Gasteiger partial charge in [-0.1, -0.05) is 41.4 Å². The van der Waals surface area contributed by atoms with Crippen molar-refractivity contribution in [1.82, 2.24) is 9.80 Å². The molecule has 2 aromatic rings. The number of hydrogen-bond donors (Lipinski definition) is 1. The van der Waals surface area contributed by atoms with Gasteiger partial charge in [0.2, 0.25) is 21.7 Å². The molecule has 1 heterocycles. The Morgan fingerprint density at radius 1 is 1.09 bits per heavy atom. The first-order valence-electron chi connectivity index (χ1n) is 9.61. The standard InChI is InChI=1S/C21H21Cl2N3O5S/c1-25(11-14-4-7-17(22)18(23)10-14)20(28)16-12-26(21(29)19(16)27)9-8-13-2-5-15(6-3-13)32(24,30)31/h2-7,10,16H,8-9,11-12H2,1H3,(H2,24,30,31). The summed E-state index contributed by atoms with van der Waals surface area (Å²) in [5.74, 6) is -2.96. The highest BCUT2D eigenvalue weighted by molar-refractivity contribution is 7.89. The molecule has 1 unspecified atom stereocenters. The van der Waals surface area contributed by atoms with Crippen LogP contribution in [0.1, 0.15) is 11.1 Å². The number of hydrogen-bond acceptors (Lipinski definition) is 5. The average molecular weight is 498 g/mol. The number of sulfonamides is 1. The minimum Gasteiger partial charge on any atom is -0.341 e. The molecule has 11 heteroatoms. The number of carbonyl (C=O) groups is 3. The first-order valence-corrected chi connectivity index (χ1v) is 11.9. The summed E-state index contributed by atoms with van der Waals surface area (Å²) in [4.78, 5) is 40.3. The Morgan fingerprint density at radius 3 is 2.31 bits per heavy atom. The van der Waals surface area contributed by atoms with Crippen LogP contribution in [0.5, 0.6) is 0 Å². The van der Waals surface area contributed by atoms with E-state index in [1.165, 1.54) is 21.9 Å².